The number of likely N-dealkylation sites (tertiary alicyclic amines) is 2. The third-order valence-corrected chi connectivity index (χ3v) is 26.2. The lowest BCUT2D eigenvalue weighted by Gasteiger charge is -2.53. The van der Waals surface area contributed by atoms with Crippen molar-refractivity contribution in [2.24, 2.45) is 81.8 Å². The predicted octanol–water partition coefficient (Wildman–Crippen LogP) is 16.5. The molecule has 4 heterocycles. The van der Waals surface area contributed by atoms with Gasteiger partial charge < -0.3 is 33.9 Å². The number of hydrogen-bond donors (Lipinski definition) is 1. The third-order valence-electron chi connectivity index (χ3n) is 26.2. The molecule has 8 aliphatic carbocycles. The number of hydrogen-bond acceptors (Lipinski definition) is 8. The van der Waals surface area contributed by atoms with Crippen molar-refractivity contribution in [3.63, 3.8) is 0 Å². The second kappa shape index (κ2) is 23.8. The number of carbonyl (C=O) groups is 3. The smallest absolute Gasteiger partial charge is 0.410 e. The molecule has 10 heteroatoms. The minimum Gasteiger partial charge on any atom is -0.445 e. The van der Waals surface area contributed by atoms with Gasteiger partial charge in [-0.25, -0.2) is 9.59 Å². The minimum atomic E-state index is -0.202. The lowest BCUT2D eigenvalue weighted by molar-refractivity contribution is -0.129. The van der Waals surface area contributed by atoms with E-state index in [1.54, 1.807) is 22.3 Å². The molecule has 1 N–H and O–H groups in total. The van der Waals surface area contributed by atoms with Gasteiger partial charge in [0.25, 0.3) is 0 Å². The number of piperidine rings is 2. The zero-order valence-electron chi connectivity index (χ0n) is 51.3. The Kier molecular flexibility index (Phi) is 17.5. The molecule has 21 atom stereocenters. The Morgan fingerprint density at radius 2 is 1.04 bits per heavy atom. The number of allylic oxidation sites excluding steroid dienone is 2. The number of benzene rings is 2. The van der Waals surface area contributed by atoms with Crippen LogP contribution < -0.4 is 0 Å². The molecule has 0 radical (unpaired) electrons. The Morgan fingerprint density at radius 3 is 1.51 bits per heavy atom. The highest BCUT2D eigenvalue weighted by Crippen LogP contribution is 2.67. The first-order chi connectivity index (χ1) is 39.4. The zero-order valence-corrected chi connectivity index (χ0v) is 51.3. The van der Waals surface area contributed by atoms with Gasteiger partial charge >= 0.3 is 12.2 Å². The summed E-state index contributed by atoms with van der Waals surface area (Å²) in [6, 6.07) is 20.1. The third kappa shape index (κ3) is 10.7. The summed E-state index contributed by atoms with van der Waals surface area (Å²) in [6.45, 7) is 21.2. The van der Waals surface area contributed by atoms with Crippen molar-refractivity contribution in [2.75, 3.05) is 13.1 Å². The Bertz CT molecular complexity index is 2780. The lowest BCUT2D eigenvalue weighted by Crippen LogP contribution is -2.54. The van der Waals surface area contributed by atoms with E-state index in [4.69, 9.17) is 18.9 Å². The monoisotopic (exact) mass is 1150 g/mol. The molecule has 2 spiro atoms. The standard InChI is InChI=1S/C36H51NO4.C36H49NO4.2CH4/c2*1-22-16-32-33(37(20-22)34(39)40-21-25-8-6-5-7-9-25)24(3)36(41-32)15-13-28-29-11-10-26-17-27(38)12-14-35(26,4)31(29)18-30(28)23(2)19-36;;/h5-9,22,24,26-29,31-33,38H,10-21H2,1-4H3;5-9,22,24,26,28-29,31-33H,10-21H2,1-4H3;2*1H4/t22-,24+,26+,27-,28-,29-,31-,32+,33-,35-,36-;22-,24+,26+,28-,29-,31-,32+,33-,35-,36-;;/m00../s1. The molecule has 4 aliphatic heterocycles. The number of amides is 2. The summed E-state index contributed by atoms with van der Waals surface area (Å²) < 4.78 is 26.1. The first-order valence-corrected chi connectivity index (χ1v) is 33.2. The summed E-state index contributed by atoms with van der Waals surface area (Å²) >= 11 is 0. The average molecular weight is 1150 g/mol. The van der Waals surface area contributed by atoms with Crippen LogP contribution in [0.25, 0.3) is 0 Å². The molecule has 0 bridgehead atoms. The number of Topliss-reactive ketones (excluding diaryl/α,β-unsaturated/α-hetero) is 1. The van der Waals surface area contributed by atoms with E-state index < -0.39 is 0 Å². The fourth-order valence-electron chi connectivity index (χ4n) is 21.9. The topological polar surface area (TPSA) is 115 Å². The van der Waals surface area contributed by atoms with Gasteiger partial charge in [0, 0.05) is 37.8 Å². The van der Waals surface area contributed by atoms with Gasteiger partial charge in [0.15, 0.2) is 0 Å². The van der Waals surface area contributed by atoms with E-state index in [0.717, 1.165) is 119 Å². The summed E-state index contributed by atoms with van der Waals surface area (Å²) in [4.78, 5) is 43.4. The van der Waals surface area contributed by atoms with Crippen LogP contribution in [-0.2, 0) is 37.0 Å². The van der Waals surface area contributed by atoms with Crippen LogP contribution in [0.3, 0.4) is 0 Å². The van der Waals surface area contributed by atoms with Crippen molar-refractivity contribution in [3.05, 3.63) is 94.1 Å². The highest BCUT2D eigenvalue weighted by molar-refractivity contribution is 5.79. The number of rotatable bonds is 4. The van der Waals surface area contributed by atoms with E-state index in [9.17, 15) is 19.5 Å². The van der Waals surface area contributed by atoms with Gasteiger partial charge in [0.05, 0.1) is 41.6 Å². The molecular weight excluding hydrogens is 1040 g/mol. The predicted molar refractivity (Wildman–Crippen MR) is 332 cm³/mol. The number of ether oxygens (including phenoxy) is 4. The van der Waals surface area contributed by atoms with Crippen molar-refractivity contribution < 1.29 is 38.4 Å². The molecule has 2 aromatic rings. The lowest BCUT2D eigenvalue weighted by atomic mass is 9.52. The van der Waals surface area contributed by atoms with Gasteiger partial charge in [0.2, 0.25) is 0 Å². The Labute approximate surface area is 506 Å². The van der Waals surface area contributed by atoms with Crippen LogP contribution >= 0.6 is 0 Å². The Hall–Kier alpha value is -3.99. The molecule has 14 rings (SSSR count). The van der Waals surface area contributed by atoms with Crippen LogP contribution in [0.15, 0.2) is 83.0 Å². The number of ketones is 1. The normalized spacial score (nSPS) is 43.5. The highest BCUT2D eigenvalue weighted by Gasteiger charge is 2.63. The van der Waals surface area contributed by atoms with Crippen molar-refractivity contribution in [1.82, 2.24) is 9.80 Å². The van der Waals surface area contributed by atoms with Gasteiger partial charge in [-0.15, -0.1) is 0 Å². The summed E-state index contributed by atoms with van der Waals surface area (Å²) in [6.07, 6.45) is 21.9. The molecule has 0 unspecified atom stereocenters. The summed E-state index contributed by atoms with van der Waals surface area (Å²) in [7, 11) is 0. The molecule has 6 saturated carbocycles. The van der Waals surface area contributed by atoms with Crippen molar-refractivity contribution in [3.8, 4) is 0 Å². The summed E-state index contributed by atoms with van der Waals surface area (Å²) in [5, 5.41) is 10.4. The van der Waals surface area contributed by atoms with Gasteiger partial charge in [0.1, 0.15) is 19.0 Å². The fraction of sp³-hybridized carbons (Fsp3) is 0.743. The maximum Gasteiger partial charge on any atom is 0.410 e. The zero-order chi connectivity index (χ0) is 57.0. The van der Waals surface area contributed by atoms with E-state index in [1.165, 1.54) is 57.8 Å². The summed E-state index contributed by atoms with van der Waals surface area (Å²) in [5.74, 6) is 7.54. The van der Waals surface area contributed by atoms with Gasteiger partial charge in [-0.3, -0.25) is 4.79 Å². The first kappa shape index (κ1) is 61.6. The number of aliphatic hydroxyl groups excluding tert-OH is 1. The minimum absolute atomic E-state index is 0. The van der Waals surface area contributed by atoms with Crippen LogP contribution in [0, 0.1) is 81.8 Å². The van der Waals surface area contributed by atoms with E-state index in [1.807, 2.05) is 70.5 Å². The van der Waals surface area contributed by atoms with Crippen LogP contribution in [-0.4, -0.2) is 87.6 Å². The van der Waals surface area contributed by atoms with E-state index in [2.05, 4.69) is 55.4 Å². The molecule has 10 fully saturated rings. The number of aliphatic hydroxyl groups is 1. The molecule has 2 aromatic carbocycles. The fourth-order valence-corrected chi connectivity index (χ4v) is 21.9. The second-order valence-electron chi connectivity index (χ2n) is 30.5. The molecular formula is C74H108N2O8. The average Bonchev–Trinajstić information content (AvgIpc) is 1.83. The molecule has 84 heavy (non-hydrogen) atoms. The van der Waals surface area contributed by atoms with Gasteiger partial charge in [-0.05, 0) is 211 Å². The summed E-state index contributed by atoms with van der Waals surface area (Å²) in [5.41, 5.74) is 9.00. The van der Waals surface area contributed by atoms with Crippen LogP contribution in [0.4, 0.5) is 9.59 Å². The van der Waals surface area contributed by atoms with Crippen molar-refractivity contribution >= 4 is 18.0 Å². The van der Waals surface area contributed by atoms with Gasteiger partial charge in [-0.2, -0.15) is 0 Å². The number of nitrogens with zero attached hydrogens (tertiary/aromatic N) is 2. The highest BCUT2D eigenvalue weighted by atomic mass is 16.6. The van der Waals surface area contributed by atoms with Crippen LogP contribution in [0.1, 0.15) is 210 Å². The van der Waals surface area contributed by atoms with Crippen molar-refractivity contribution in [2.45, 2.75) is 253 Å². The SMILES string of the molecule is C.C.CC1=C2C[C@H]3[C@@H](CC[C@@H]4CC(=O)CC[C@@]43C)[C@@H]2CC[C@@]2(C1)O[C@@H]1C[C@H](C)CN(C(=O)OCc3ccccc3)[C@H]1[C@H]2C.CC1=C2C[C@H]3[C@@H](CC[C@@H]4C[C@@H](O)CC[C@@]43C)[C@@H]2CC[C@@]2(C1)O[C@@H]1C[C@H](C)CN(C(=O)OCc3ccccc3)[C@H]1[C@H]2C. The molecule has 462 valence electrons. The van der Waals surface area contributed by atoms with Crippen molar-refractivity contribution in [1.29, 1.82) is 0 Å². The molecule has 10 nitrogen and oxygen atoms in total. The van der Waals surface area contributed by atoms with E-state index in [0.29, 0.717) is 65.3 Å². The van der Waals surface area contributed by atoms with E-state index in [-0.39, 0.29) is 80.5 Å². The second-order valence-corrected chi connectivity index (χ2v) is 30.5. The molecule has 0 aromatic heterocycles. The maximum absolute atomic E-state index is 13.5. The van der Waals surface area contributed by atoms with Crippen LogP contribution in [0.5, 0.6) is 0 Å². The molecule has 2 amide bonds. The quantitative estimate of drug-likeness (QED) is 0.301. The van der Waals surface area contributed by atoms with Gasteiger partial charge in [-0.1, -0.05) is 139 Å². The van der Waals surface area contributed by atoms with E-state index >= 15 is 0 Å². The molecule has 4 saturated heterocycles. The maximum atomic E-state index is 13.5. The van der Waals surface area contributed by atoms with Crippen LogP contribution in [0.2, 0.25) is 0 Å². The largest absolute Gasteiger partial charge is 0.445 e. The number of fused-ring (bicyclic) bond motifs is 12. The Balaban J connectivity index is 0.000000171. The first-order valence-electron chi connectivity index (χ1n) is 33.2. The Morgan fingerprint density at radius 1 is 0.583 bits per heavy atom. The number of carbonyl (C=O) groups excluding carboxylic acids is 3. The molecule has 12 aliphatic rings.